The normalized spacial score (nSPS) is 12.6. The van der Waals surface area contributed by atoms with E-state index in [0.29, 0.717) is 19.3 Å². The zero-order valence-electron chi connectivity index (χ0n) is 44.2. The summed E-state index contributed by atoms with van der Waals surface area (Å²) >= 11 is 0. The zero-order valence-corrected chi connectivity index (χ0v) is 44.2. The molecule has 0 aromatic carbocycles. The van der Waals surface area contributed by atoms with Crippen LogP contribution in [0, 0.1) is 0 Å². The first kappa shape index (κ1) is 63.8. The van der Waals surface area contributed by atoms with E-state index in [9.17, 15) is 14.4 Å². The van der Waals surface area contributed by atoms with Crippen LogP contribution in [0.1, 0.15) is 278 Å². The molecule has 1 atom stereocenters. The van der Waals surface area contributed by atoms with Crippen LogP contribution in [0.2, 0.25) is 0 Å². The molecule has 0 spiro atoms. The third-order valence-electron chi connectivity index (χ3n) is 12.2. The Morgan fingerprint density at radius 3 is 0.881 bits per heavy atom. The molecular formula is C61H106O6. The van der Waals surface area contributed by atoms with Crippen LogP contribution in [0.3, 0.4) is 0 Å². The molecule has 386 valence electrons. The number of hydrogen-bond acceptors (Lipinski definition) is 6. The number of hydrogen-bond donors (Lipinski definition) is 0. The molecule has 67 heavy (non-hydrogen) atoms. The first-order valence-electron chi connectivity index (χ1n) is 28.4. The Bertz CT molecular complexity index is 1260. The summed E-state index contributed by atoms with van der Waals surface area (Å²) in [7, 11) is 0. The van der Waals surface area contributed by atoms with E-state index in [1.54, 1.807) is 0 Å². The van der Waals surface area contributed by atoms with Gasteiger partial charge in [-0.05, 0) is 96.3 Å². The molecule has 0 unspecified atom stereocenters. The monoisotopic (exact) mass is 935 g/mol. The Kier molecular flexibility index (Phi) is 52.8. The maximum absolute atomic E-state index is 12.8. The number of unbranched alkanes of at least 4 members (excludes halogenated alkanes) is 28. The summed E-state index contributed by atoms with van der Waals surface area (Å²) in [6.45, 7) is 6.57. The second kappa shape index (κ2) is 55.4. The molecule has 0 aliphatic carbocycles. The van der Waals surface area contributed by atoms with Crippen LogP contribution in [0.5, 0.6) is 0 Å². The van der Waals surface area contributed by atoms with Crippen molar-refractivity contribution >= 4 is 17.9 Å². The molecule has 0 fully saturated rings. The van der Waals surface area contributed by atoms with Crippen LogP contribution in [0.4, 0.5) is 0 Å². The minimum atomic E-state index is -0.791. The second-order valence-corrected chi connectivity index (χ2v) is 18.8. The summed E-state index contributed by atoms with van der Waals surface area (Å²) in [6, 6.07) is 0. The molecule has 0 heterocycles. The average Bonchev–Trinajstić information content (AvgIpc) is 3.33. The number of carbonyl (C=O) groups excluding carboxylic acids is 3. The van der Waals surface area contributed by atoms with Gasteiger partial charge >= 0.3 is 17.9 Å². The molecule has 0 saturated heterocycles. The largest absolute Gasteiger partial charge is 0.462 e. The van der Waals surface area contributed by atoms with Gasteiger partial charge in [-0.1, -0.05) is 235 Å². The minimum absolute atomic E-state index is 0.0870. The van der Waals surface area contributed by atoms with E-state index in [4.69, 9.17) is 14.2 Å². The van der Waals surface area contributed by atoms with Crippen molar-refractivity contribution in [1.29, 1.82) is 0 Å². The van der Waals surface area contributed by atoms with Crippen molar-refractivity contribution in [2.45, 2.75) is 284 Å². The van der Waals surface area contributed by atoms with Gasteiger partial charge in [-0.3, -0.25) is 14.4 Å². The molecule has 0 bridgehead atoms. The Morgan fingerprint density at radius 2 is 0.537 bits per heavy atom. The third-order valence-corrected chi connectivity index (χ3v) is 12.2. The quantitative estimate of drug-likeness (QED) is 0.0262. The van der Waals surface area contributed by atoms with E-state index in [2.05, 4.69) is 93.7 Å². The lowest BCUT2D eigenvalue weighted by molar-refractivity contribution is -0.167. The van der Waals surface area contributed by atoms with Crippen molar-refractivity contribution in [3.8, 4) is 0 Å². The van der Waals surface area contributed by atoms with Crippen molar-refractivity contribution in [3.05, 3.63) is 72.9 Å². The van der Waals surface area contributed by atoms with Gasteiger partial charge in [0.1, 0.15) is 13.2 Å². The predicted octanol–water partition coefficient (Wildman–Crippen LogP) is 19.0. The summed E-state index contributed by atoms with van der Waals surface area (Å²) in [4.78, 5) is 38.1. The van der Waals surface area contributed by atoms with Gasteiger partial charge in [0, 0.05) is 19.3 Å². The highest BCUT2D eigenvalue weighted by Crippen LogP contribution is 2.15. The Morgan fingerprint density at radius 1 is 0.299 bits per heavy atom. The number of carbonyl (C=O) groups is 3. The topological polar surface area (TPSA) is 78.9 Å². The van der Waals surface area contributed by atoms with E-state index >= 15 is 0 Å². The van der Waals surface area contributed by atoms with Crippen LogP contribution >= 0.6 is 0 Å². The number of allylic oxidation sites excluding steroid dienone is 12. The fraction of sp³-hybridized carbons (Fsp3) is 0.754. The Balaban J connectivity index is 4.44. The second-order valence-electron chi connectivity index (χ2n) is 18.8. The molecule has 0 N–H and O–H groups in total. The first-order chi connectivity index (χ1) is 33.0. The van der Waals surface area contributed by atoms with Crippen molar-refractivity contribution in [2.24, 2.45) is 0 Å². The van der Waals surface area contributed by atoms with Gasteiger partial charge in [0.15, 0.2) is 6.10 Å². The lowest BCUT2D eigenvalue weighted by atomic mass is 10.0. The SMILES string of the molecule is CCCCC/C=C\C/C=C\C/C=C\C/C=C\CCCCCC(=O)OC[C@@H](COC(=O)CCCCCCCCCCCCCCC)OC(=O)CCCCCCCCC/C=C\C/C=C\CCCCC. The maximum Gasteiger partial charge on any atom is 0.306 e. The molecular weight excluding hydrogens is 829 g/mol. The van der Waals surface area contributed by atoms with Gasteiger partial charge in [-0.25, -0.2) is 0 Å². The van der Waals surface area contributed by atoms with Gasteiger partial charge in [-0.15, -0.1) is 0 Å². The van der Waals surface area contributed by atoms with Crippen molar-refractivity contribution in [2.75, 3.05) is 13.2 Å². The van der Waals surface area contributed by atoms with Gasteiger partial charge in [-0.2, -0.15) is 0 Å². The van der Waals surface area contributed by atoms with E-state index in [-0.39, 0.29) is 31.1 Å². The summed E-state index contributed by atoms with van der Waals surface area (Å²) in [5.74, 6) is -0.919. The van der Waals surface area contributed by atoms with Crippen LogP contribution < -0.4 is 0 Å². The summed E-state index contributed by atoms with van der Waals surface area (Å²) < 4.78 is 16.8. The Hall–Kier alpha value is -3.15. The van der Waals surface area contributed by atoms with Crippen LogP contribution in [-0.2, 0) is 28.6 Å². The van der Waals surface area contributed by atoms with Crippen LogP contribution in [0.15, 0.2) is 72.9 Å². The standard InChI is InChI=1S/C61H106O6/c1-4-7-10-13-16-19-22-25-27-29-30-32-33-36-39-42-45-48-51-54-60(63)66-57-58(56-65-59(62)53-50-47-44-41-38-35-24-21-18-15-12-9-6-3)67-61(64)55-52-49-46-43-40-37-34-31-28-26-23-20-17-14-11-8-5-2/h16-17,19-20,25-28,30,32,36,39,58H,4-15,18,21-24,29,31,33-35,37-38,40-57H2,1-3H3/b19-16-,20-17-,27-25-,28-26-,32-30-,39-36-/t58-/m1/s1. The molecule has 6 nitrogen and oxygen atoms in total. The van der Waals surface area contributed by atoms with Crippen molar-refractivity contribution in [1.82, 2.24) is 0 Å². The number of rotatable bonds is 51. The van der Waals surface area contributed by atoms with Crippen LogP contribution in [0.25, 0.3) is 0 Å². The molecule has 0 aromatic heterocycles. The van der Waals surface area contributed by atoms with Crippen LogP contribution in [-0.4, -0.2) is 37.2 Å². The van der Waals surface area contributed by atoms with E-state index in [0.717, 1.165) is 96.3 Å². The third kappa shape index (κ3) is 53.7. The summed E-state index contributed by atoms with van der Waals surface area (Å²) in [6.07, 6.45) is 70.2. The smallest absolute Gasteiger partial charge is 0.306 e. The van der Waals surface area contributed by atoms with Crippen molar-refractivity contribution in [3.63, 3.8) is 0 Å². The number of ether oxygens (including phenoxy) is 3. The highest BCUT2D eigenvalue weighted by Gasteiger charge is 2.19. The average molecular weight is 936 g/mol. The zero-order chi connectivity index (χ0) is 48.6. The Labute approximate surface area is 414 Å². The fourth-order valence-corrected chi connectivity index (χ4v) is 7.87. The number of esters is 3. The molecule has 0 saturated carbocycles. The summed E-state index contributed by atoms with van der Waals surface area (Å²) in [5.41, 5.74) is 0. The van der Waals surface area contributed by atoms with Gasteiger partial charge in [0.25, 0.3) is 0 Å². The van der Waals surface area contributed by atoms with Gasteiger partial charge < -0.3 is 14.2 Å². The van der Waals surface area contributed by atoms with Crippen molar-refractivity contribution < 1.29 is 28.6 Å². The predicted molar refractivity (Wildman–Crippen MR) is 288 cm³/mol. The van der Waals surface area contributed by atoms with E-state index in [1.807, 2.05) is 0 Å². The molecule has 0 amide bonds. The lowest BCUT2D eigenvalue weighted by Crippen LogP contribution is -2.30. The fourth-order valence-electron chi connectivity index (χ4n) is 7.87. The summed E-state index contributed by atoms with van der Waals surface area (Å²) in [5, 5.41) is 0. The van der Waals surface area contributed by atoms with Gasteiger partial charge in [0.2, 0.25) is 0 Å². The first-order valence-corrected chi connectivity index (χ1v) is 28.4. The van der Waals surface area contributed by atoms with Gasteiger partial charge in [0.05, 0.1) is 0 Å². The molecule has 0 radical (unpaired) electrons. The molecule has 6 heteroatoms. The molecule has 0 aliphatic rings. The maximum atomic E-state index is 12.8. The molecule has 0 rings (SSSR count). The minimum Gasteiger partial charge on any atom is -0.462 e. The highest BCUT2D eigenvalue weighted by atomic mass is 16.6. The highest BCUT2D eigenvalue weighted by molar-refractivity contribution is 5.71. The molecule has 0 aliphatic heterocycles. The van der Waals surface area contributed by atoms with E-state index < -0.39 is 6.10 Å². The molecule has 0 aromatic rings. The lowest BCUT2D eigenvalue weighted by Gasteiger charge is -2.18. The van der Waals surface area contributed by atoms with E-state index in [1.165, 1.54) is 141 Å².